The summed E-state index contributed by atoms with van der Waals surface area (Å²) in [6.07, 6.45) is 2.89. The van der Waals surface area contributed by atoms with Crippen molar-refractivity contribution in [3.05, 3.63) is 22.6 Å². The molecule has 1 rings (SSSR count). The fourth-order valence-corrected chi connectivity index (χ4v) is 0.611. The summed E-state index contributed by atoms with van der Waals surface area (Å²) in [6.45, 7) is 4.07. The quantitative estimate of drug-likeness (QED) is 0.465. The SMILES string of the molecule is CCOC(=O)CC.O=[N+]([O-])c1cnc[nH]1. The van der Waals surface area contributed by atoms with Gasteiger partial charge in [0.15, 0.2) is 6.33 Å². The number of nitro groups is 1. The molecule has 0 aliphatic rings. The first kappa shape index (κ1) is 13.1. The number of aromatic amines is 1. The molecule has 0 aliphatic carbocycles. The number of hydrogen-bond acceptors (Lipinski definition) is 5. The highest BCUT2D eigenvalue weighted by Gasteiger charge is 1.99. The summed E-state index contributed by atoms with van der Waals surface area (Å²) in [5.74, 6) is -0.201. The van der Waals surface area contributed by atoms with E-state index < -0.39 is 4.92 Å². The van der Waals surface area contributed by atoms with Gasteiger partial charge in [0.2, 0.25) is 0 Å². The lowest BCUT2D eigenvalue weighted by molar-refractivity contribution is -0.389. The third-order valence-electron chi connectivity index (χ3n) is 1.27. The molecule has 15 heavy (non-hydrogen) atoms. The number of imidazole rings is 1. The second kappa shape index (κ2) is 7.48. The maximum absolute atomic E-state index is 10.2. The first-order valence-electron chi connectivity index (χ1n) is 4.40. The average Bonchev–Trinajstić information content (AvgIpc) is 2.72. The van der Waals surface area contributed by atoms with Gasteiger partial charge in [-0.1, -0.05) is 6.92 Å². The molecule has 0 radical (unpaired) electrons. The Morgan fingerprint density at radius 2 is 2.33 bits per heavy atom. The second-order valence-electron chi connectivity index (χ2n) is 2.35. The number of hydrogen-bond donors (Lipinski definition) is 1. The summed E-state index contributed by atoms with van der Waals surface area (Å²) < 4.78 is 4.55. The number of carbonyl (C=O) groups excluding carboxylic acids is 1. The van der Waals surface area contributed by atoms with Crippen molar-refractivity contribution in [2.24, 2.45) is 0 Å². The van der Waals surface area contributed by atoms with Crippen molar-refractivity contribution in [2.75, 3.05) is 6.61 Å². The van der Waals surface area contributed by atoms with Crippen LogP contribution in [0.5, 0.6) is 0 Å². The van der Waals surface area contributed by atoms with Gasteiger partial charge < -0.3 is 14.9 Å². The van der Waals surface area contributed by atoms with Crippen molar-refractivity contribution < 1.29 is 14.5 Å². The van der Waals surface area contributed by atoms with Crippen molar-refractivity contribution in [1.29, 1.82) is 0 Å². The molecule has 1 N–H and O–H groups in total. The number of nitrogens with one attached hydrogen (secondary N) is 1. The van der Waals surface area contributed by atoms with E-state index in [1.54, 1.807) is 13.8 Å². The third kappa shape index (κ3) is 6.19. The van der Waals surface area contributed by atoms with Gasteiger partial charge in [-0.25, -0.2) is 9.97 Å². The largest absolute Gasteiger partial charge is 0.466 e. The number of ether oxygens (including phenoxy) is 1. The fraction of sp³-hybridized carbons (Fsp3) is 0.500. The van der Waals surface area contributed by atoms with E-state index >= 15 is 0 Å². The van der Waals surface area contributed by atoms with Gasteiger partial charge in [0.25, 0.3) is 0 Å². The molecule has 0 bridgehead atoms. The van der Waals surface area contributed by atoms with Crippen LogP contribution in [0.2, 0.25) is 0 Å². The summed E-state index contributed by atoms with van der Waals surface area (Å²) in [5.41, 5.74) is 0. The summed E-state index contributed by atoms with van der Waals surface area (Å²) in [4.78, 5) is 25.2. The Bertz CT molecular complexity index is 297. The van der Waals surface area contributed by atoms with E-state index in [4.69, 9.17) is 0 Å². The molecule has 1 aromatic rings. The minimum absolute atomic E-state index is 0.0787. The van der Waals surface area contributed by atoms with Crippen LogP contribution >= 0.6 is 0 Å². The molecule has 0 unspecified atom stereocenters. The molecule has 0 atom stereocenters. The summed E-state index contributed by atoms with van der Waals surface area (Å²) in [6, 6.07) is 0. The first-order chi connectivity index (χ1) is 7.11. The van der Waals surface area contributed by atoms with Crippen LogP contribution in [0.25, 0.3) is 0 Å². The number of rotatable bonds is 3. The Hall–Kier alpha value is -1.92. The number of nitrogens with zero attached hydrogens (tertiary/aromatic N) is 2. The van der Waals surface area contributed by atoms with Gasteiger partial charge in [-0.05, 0) is 11.8 Å². The molecule has 0 aromatic carbocycles. The molecule has 0 aliphatic heterocycles. The average molecular weight is 215 g/mol. The molecule has 0 spiro atoms. The summed E-state index contributed by atoms with van der Waals surface area (Å²) in [7, 11) is 0. The van der Waals surface area contributed by atoms with Crippen LogP contribution in [0.3, 0.4) is 0 Å². The van der Waals surface area contributed by atoms with Crippen LogP contribution in [0.4, 0.5) is 5.82 Å². The van der Waals surface area contributed by atoms with E-state index in [0.717, 1.165) is 6.20 Å². The molecular weight excluding hydrogens is 202 g/mol. The second-order valence-corrected chi connectivity index (χ2v) is 2.35. The molecule has 0 saturated carbocycles. The Balaban J connectivity index is 0.000000265. The van der Waals surface area contributed by atoms with E-state index in [1.807, 2.05) is 0 Å². The van der Waals surface area contributed by atoms with Crippen LogP contribution in [0.15, 0.2) is 12.5 Å². The maximum atomic E-state index is 10.2. The Morgan fingerprint density at radius 1 is 1.67 bits per heavy atom. The van der Waals surface area contributed by atoms with Crippen LogP contribution in [-0.2, 0) is 9.53 Å². The number of H-pyrrole nitrogens is 1. The third-order valence-corrected chi connectivity index (χ3v) is 1.27. The zero-order chi connectivity index (χ0) is 11.7. The number of carbonyl (C=O) groups is 1. The number of aromatic nitrogens is 2. The van der Waals surface area contributed by atoms with Gasteiger partial charge in [-0.3, -0.25) is 4.79 Å². The molecule has 0 fully saturated rings. The minimum atomic E-state index is -0.535. The monoisotopic (exact) mass is 215 g/mol. The fourth-order valence-electron chi connectivity index (χ4n) is 0.611. The molecule has 1 aromatic heterocycles. The zero-order valence-electron chi connectivity index (χ0n) is 8.60. The predicted molar refractivity (Wildman–Crippen MR) is 52.2 cm³/mol. The van der Waals surface area contributed by atoms with Gasteiger partial charge in [-0.2, -0.15) is 0 Å². The van der Waals surface area contributed by atoms with Crippen molar-refractivity contribution in [3.63, 3.8) is 0 Å². The Kier molecular flexibility index (Phi) is 6.52. The minimum Gasteiger partial charge on any atom is -0.466 e. The Labute approximate surface area is 86.6 Å². The van der Waals surface area contributed by atoms with Crippen molar-refractivity contribution in [2.45, 2.75) is 20.3 Å². The van der Waals surface area contributed by atoms with Gasteiger partial charge in [0.05, 0.1) is 6.61 Å². The van der Waals surface area contributed by atoms with Crippen LogP contribution < -0.4 is 0 Å². The number of esters is 1. The highest BCUT2D eigenvalue weighted by atomic mass is 16.6. The molecule has 7 nitrogen and oxygen atoms in total. The van der Waals surface area contributed by atoms with E-state index in [-0.39, 0.29) is 11.8 Å². The highest BCUT2D eigenvalue weighted by Crippen LogP contribution is 1.99. The maximum Gasteiger partial charge on any atom is 0.340 e. The lowest BCUT2D eigenvalue weighted by Crippen LogP contribution is -2.00. The summed E-state index contributed by atoms with van der Waals surface area (Å²) >= 11 is 0. The first-order valence-corrected chi connectivity index (χ1v) is 4.40. The van der Waals surface area contributed by atoms with E-state index in [1.165, 1.54) is 6.33 Å². The standard InChI is InChI=1S/C5H10O2.C3H3N3O2/c1-3-5(6)7-4-2;7-6(8)3-1-4-2-5-3/h3-4H2,1-2H3;1-2H,(H,4,5). The lowest BCUT2D eigenvalue weighted by Gasteiger charge is -1.93. The molecule has 0 amide bonds. The van der Waals surface area contributed by atoms with Crippen molar-refractivity contribution in [1.82, 2.24) is 9.97 Å². The van der Waals surface area contributed by atoms with E-state index in [0.29, 0.717) is 13.0 Å². The summed E-state index contributed by atoms with van der Waals surface area (Å²) in [5, 5.41) is 9.80. The lowest BCUT2D eigenvalue weighted by atomic mass is 10.5. The van der Waals surface area contributed by atoms with Crippen molar-refractivity contribution >= 4 is 11.8 Å². The topological polar surface area (TPSA) is 98.1 Å². The van der Waals surface area contributed by atoms with Crippen LogP contribution in [-0.4, -0.2) is 27.5 Å². The smallest absolute Gasteiger partial charge is 0.340 e. The zero-order valence-corrected chi connectivity index (χ0v) is 8.60. The normalized spacial score (nSPS) is 8.67. The Morgan fingerprint density at radius 3 is 2.53 bits per heavy atom. The molecule has 0 saturated heterocycles. The van der Waals surface area contributed by atoms with E-state index in [9.17, 15) is 14.9 Å². The van der Waals surface area contributed by atoms with Gasteiger partial charge >= 0.3 is 11.8 Å². The van der Waals surface area contributed by atoms with Crippen LogP contribution in [0.1, 0.15) is 20.3 Å². The molecular formula is C8H13N3O4. The molecule has 1 heterocycles. The van der Waals surface area contributed by atoms with Gasteiger partial charge in [-0.15, -0.1) is 0 Å². The highest BCUT2D eigenvalue weighted by molar-refractivity contribution is 5.68. The predicted octanol–water partition coefficient (Wildman–Crippen LogP) is 1.28. The van der Waals surface area contributed by atoms with E-state index in [2.05, 4.69) is 14.7 Å². The molecule has 84 valence electrons. The molecule has 7 heteroatoms. The van der Waals surface area contributed by atoms with Crippen molar-refractivity contribution in [3.8, 4) is 0 Å². The van der Waals surface area contributed by atoms with Crippen LogP contribution in [0, 0.1) is 10.1 Å². The van der Waals surface area contributed by atoms with Gasteiger partial charge in [0, 0.05) is 6.42 Å². The van der Waals surface area contributed by atoms with Gasteiger partial charge in [0.1, 0.15) is 6.20 Å².